The molecule has 2 nitrogen and oxygen atoms in total. The van der Waals surface area contributed by atoms with E-state index in [1.807, 2.05) is 18.3 Å². The molecule has 0 saturated carbocycles. The van der Waals surface area contributed by atoms with Gasteiger partial charge in [0.05, 0.1) is 5.69 Å². The molecule has 0 fully saturated rings. The first-order chi connectivity index (χ1) is 9.25. The fourth-order valence-electron chi connectivity index (χ4n) is 2.80. The summed E-state index contributed by atoms with van der Waals surface area (Å²) in [7, 11) is 0. The van der Waals surface area contributed by atoms with E-state index in [1.165, 1.54) is 15.6 Å². The first-order valence-electron chi connectivity index (χ1n) is 6.70. The molecular weight excluding hydrogens is 300 g/mol. The van der Waals surface area contributed by atoms with Crippen LogP contribution < -0.4 is 5.32 Å². The summed E-state index contributed by atoms with van der Waals surface area (Å²) >= 11 is 3.65. The third-order valence-electron chi connectivity index (χ3n) is 3.80. The Morgan fingerprint density at radius 1 is 1.26 bits per heavy atom. The SMILES string of the molecule is CC(NC1CCc2c(Br)cccc21)c1ccccn1. The van der Waals surface area contributed by atoms with Crippen LogP contribution in [0.3, 0.4) is 0 Å². The second-order valence-electron chi connectivity index (χ2n) is 5.04. The zero-order valence-electron chi connectivity index (χ0n) is 10.9. The lowest BCUT2D eigenvalue weighted by atomic mass is 10.1. The molecule has 3 heteroatoms. The molecule has 1 N–H and O–H groups in total. The van der Waals surface area contributed by atoms with Crippen LogP contribution in [0.2, 0.25) is 0 Å². The topological polar surface area (TPSA) is 24.9 Å². The van der Waals surface area contributed by atoms with Crippen LogP contribution in [-0.4, -0.2) is 4.98 Å². The highest BCUT2D eigenvalue weighted by molar-refractivity contribution is 9.10. The molecule has 0 amide bonds. The predicted octanol–water partition coefficient (Wildman–Crippen LogP) is 4.18. The molecule has 1 aliphatic carbocycles. The number of nitrogens with zero attached hydrogens (tertiary/aromatic N) is 1. The van der Waals surface area contributed by atoms with Crippen LogP contribution in [0.1, 0.15) is 42.2 Å². The van der Waals surface area contributed by atoms with Crippen LogP contribution in [0, 0.1) is 0 Å². The van der Waals surface area contributed by atoms with Gasteiger partial charge < -0.3 is 5.32 Å². The van der Waals surface area contributed by atoms with Gasteiger partial charge in [0.15, 0.2) is 0 Å². The molecule has 19 heavy (non-hydrogen) atoms. The fraction of sp³-hybridized carbons (Fsp3) is 0.312. The maximum Gasteiger partial charge on any atom is 0.0570 e. The highest BCUT2D eigenvalue weighted by atomic mass is 79.9. The third-order valence-corrected chi connectivity index (χ3v) is 4.54. The van der Waals surface area contributed by atoms with Gasteiger partial charge in [-0.25, -0.2) is 0 Å². The average Bonchev–Trinajstić information content (AvgIpc) is 2.84. The monoisotopic (exact) mass is 316 g/mol. The first kappa shape index (κ1) is 12.8. The van der Waals surface area contributed by atoms with Gasteiger partial charge >= 0.3 is 0 Å². The Morgan fingerprint density at radius 3 is 2.95 bits per heavy atom. The number of aromatic nitrogens is 1. The average molecular weight is 317 g/mol. The number of fused-ring (bicyclic) bond motifs is 1. The molecule has 0 spiro atoms. The summed E-state index contributed by atoms with van der Waals surface area (Å²) in [4.78, 5) is 4.42. The lowest BCUT2D eigenvalue weighted by Crippen LogP contribution is -2.23. The summed E-state index contributed by atoms with van der Waals surface area (Å²) in [5.74, 6) is 0. The number of hydrogen-bond acceptors (Lipinski definition) is 2. The van der Waals surface area contributed by atoms with Gasteiger partial charge in [-0.2, -0.15) is 0 Å². The maximum atomic E-state index is 4.42. The van der Waals surface area contributed by atoms with Crippen LogP contribution in [0.15, 0.2) is 47.1 Å². The fourth-order valence-corrected chi connectivity index (χ4v) is 3.38. The molecular formula is C16H17BrN2. The van der Waals surface area contributed by atoms with Crippen LogP contribution >= 0.6 is 15.9 Å². The summed E-state index contributed by atoms with van der Waals surface area (Å²) in [5, 5.41) is 3.70. The van der Waals surface area contributed by atoms with Crippen molar-refractivity contribution < 1.29 is 0 Å². The van der Waals surface area contributed by atoms with E-state index in [0.717, 1.165) is 18.5 Å². The summed E-state index contributed by atoms with van der Waals surface area (Å²) in [6.45, 7) is 2.18. The van der Waals surface area contributed by atoms with Gasteiger partial charge in [0.25, 0.3) is 0 Å². The number of rotatable bonds is 3. The second kappa shape index (κ2) is 5.43. The number of hydrogen-bond donors (Lipinski definition) is 1. The van der Waals surface area contributed by atoms with Gasteiger partial charge in [-0.1, -0.05) is 34.1 Å². The molecule has 0 aliphatic heterocycles. The second-order valence-corrected chi connectivity index (χ2v) is 5.90. The van der Waals surface area contributed by atoms with Gasteiger partial charge in [-0.05, 0) is 49.1 Å². The van der Waals surface area contributed by atoms with E-state index in [0.29, 0.717) is 6.04 Å². The molecule has 0 radical (unpaired) electrons. The maximum absolute atomic E-state index is 4.42. The molecule has 3 rings (SSSR count). The Morgan fingerprint density at radius 2 is 2.16 bits per heavy atom. The highest BCUT2D eigenvalue weighted by Gasteiger charge is 2.25. The van der Waals surface area contributed by atoms with E-state index < -0.39 is 0 Å². The zero-order chi connectivity index (χ0) is 13.2. The lowest BCUT2D eigenvalue weighted by molar-refractivity contribution is 0.458. The molecule has 98 valence electrons. The Balaban J connectivity index is 1.78. The Bertz CT molecular complexity index is 568. The number of nitrogens with one attached hydrogen (secondary N) is 1. The van der Waals surface area contributed by atoms with Crippen molar-refractivity contribution in [2.24, 2.45) is 0 Å². The molecule has 2 aromatic rings. The van der Waals surface area contributed by atoms with Crippen molar-refractivity contribution in [3.05, 3.63) is 63.9 Å². The quantitative estimate of drug-likeness (QED) is 0.918. The zero-order valence-corrected chi connectivity index (χ0v) is 12.5. The van der Waals surface area contributed by atoms with E-state index in [2.05, 4.69) is 57.4 Å². The minimum atomic E-state index is 0.274. The van der Waals surface area contributed by atoms with Crippen molar-refractivity contribution in [1.29, 1.82) is 0 Å². The normalized spacial score (nSPS) is 19.2. The van der Waals surface area contributed by atoms with Gasteiger partial charge in [0.1, 0.15) is 0 Å². The summed E-state index contributed by atoms with van der Waals surface area (Å²) in [5.41, 5.74) is 3.98. The van der Waals surface area contributed by atoms with Gasteiger partial charge in [-0.3, -0.25) is 4.98 Å². The predicted molar refractivity (Wildman–Crippen MR) is 81.0 cm³/mol. The van der Waals surface area contributed by atoms with Crippen molar-refractivity contribution in [2.75, 3.05) is 0 Å². The molecule has 1 aliphatic rings. The molecule has 0 bridgehead atoms. The van der Waals surface area contributed by atoms with E-state index in [4.69, 9.17) is 0 Å². The molecule has 1 heterocycles. The van der Waals surface area contributed by atoms with Crippen molar-refractivity contribution >= 4 is 15.9 Å². The van der Waals surface area contributed by atoms with E-state index >= 15 is 0 Å². The summed E-state index contributed by atoms with van der Waals surface area (Å²) < 4.78 is 1.24. The minimum absolute atomic E-state index is 0.274. The Kier molecular flexibility index (Phi) is 3.67. The standard InChI is InChI=1S/C16H17BrN2/c1-11(15-7-2-3-10-18-15)19-16-9-8-12-13(16)5-4-6-14(12)17/h2-7,10-11,16,19H,8-9H2,1H3. The lowest BCUT2D eigenvalue weighted by Gasteiger charge is -2.20. The summed E-state index contributed by atoms with van der Waals surface area (Å²) in [6.07, 6.45) is 4.16. The number of pyridine rings is 1. The van der Waals surface area contributed by atoms with Crippen molar-refractivity contribution in [2.45, 2.75) is 31.8 Å². The minimum Gasteiger partial charge on any atom is -0.302 e. The van der Waals surface area contributed by atoms with Crippen molar-refractivity contribution in [1.82, 2.24) is 10.3 Å². The van der Waals surface area contributed by atoms with Crippen molar-refractivity contribution in [3.63, 3.8) is 0 Å². The Labute approximate surface area is 122 Å². The molecule has 1 aromatic carbocycles. The van der Waals surface area contributed by atoms with Gasteiger partial charge in [-0.15, -0.1) is 0 Å². The first-order valence-corrected chi connectivity index (χ1v) is 7.49. The molecule has 2 unspecified atom stereocenters. The third kappa shape index (κ3) is 2.58. The van der Waals surface area contributed by atoms with Crippen molar-refractivity contribution in [3.8, 4) is 0 Å². The number of benzene rings is 1. The van der Waals surface area contributed by atoms with E-state index in [1.54, 1.807) is 0 Å². The van der Waals surface area contributed by atoms with Crippen LogP contribution in [0.4, 0.5) is 0 Å². The number of halogens is 1. The largest absolute Gasteiger partial charge is 0.302 e. The molecule has 2 atom stereocenters. The Hall–Kier alpha value is -1.19. The van der Waals surface area contributed by atoms with Crippen LogP contribution in [0.5, 0.6) is 0 Å². The van der Waals surface area contributed by atoms with E-state index in [-0.39, 0.29) is 6.04 Å². The van der Waals surface area contributed by atoms with Crippen LogP contribution in [0.25, 0.3) is 0 Å². The molecule has 0 saturated heterocycles. The van der Waals surface area contributed by atoms with Gasteiger partial charge in [0.2, 0.25) is 0 Å². The van der Waals surface area contributed by atoms with Crippen LogP contribution in [-0.2, 0) is 6.42 Å². The van der Waals surface area contributed by atoms with E-state index in [9.17, 15) is 0 Å². The smallest absolute Gasteiger partial charge is 0.0570 e. The molecule has 1 aromatic heterocycles. The summed E-state index contributed by atoms with van der Waals surface area (Å²) in [6, 6.07) is 13.3. The van der Waals surface area contributed by atoms with Gasteiger partial charge in [0, 0.05) is 22.8 Å². The highest BCUT2D eigenvalue weighted by Crippen LogP contribution is 2.36.